The zero-order valence-electron chi connectivity index (χ0n) is 17.6. The minimum Gasteiger partial charge on any atom is -0.391 e. The van der Waals surface area contributed by atoms with Gasteiger partial charge in [-0.1, -0.05) is 0 Å². The molecule has 0 bridgehead atoms. The number of aliphatic hydroxyl groups excluding tert-OH is 1. The van der Waals surface area contributed by atoms with E-state index in [9.17, 15) is 22.3 Å². The number of allylic oxidation sites excluding steroid dienone is 1. The second-order valence-electron chi connectivity index (χ2n) is 7.74. The monoisotopic (exact) mass is 469 g/mol. The van der Waals surface area contributed by atoms with Gasteiger partial charge in [0, 0.05) is 32.7 Å². The number of H-pyrrole nitrogens is 1. The molecule has 2 unspecified atom stereocenters. The molecule has 174 valence electrons. The number of aromatic nitrogens is 4. The zero-order valence-corrected chi connectivity index (χ0v) is 18.4. The summed E-state index contributed by atoms with van der Waals surface area (Å²) >= 11 is 0. The molecule has 1 aliphatic heterocycles. The number of alkyl halides is 2. The maximum absolute atomic E-state index is 12.4. The highest BCUT2D eigenvalue weighted by molar-refractivity contribution is 7.88. The molecule has 13 heteroatoms. The summed E-state index contributed by atoms with van der Waals surface area (Å²) in [5.41, 5.74) is 0.228. The number of β-amino-alcohol motifs (C(OH)–C–C–N with tert-alkyl or cyclic N) is 1. The number of sulfonamides is 1. The summed E-state index contributed by atoms with van der Waals surface area (Å²) in [6.07, 6.45) is 3.26. The Morgan fingerprint density at radius 1 is 1.41 bits per heavy atom. The normalized spacial score (nSPS) is 19.9. The molecular weight excluding hydrogens is 444 g/mol. The number of hydrogen-bond donors (Lipinski definition) is 3. The Balaban J connectivity index is 1.75. The molecule has 3 heterocycles. The molecule has 0 spiro atoms. The number of halogens is 2. The standard InChI is InChI=1S/C19H25F2N7O3S/c1-27(32(2,30)31)8-12-5-13(29)10-28(9-12)18-6-15(24-11-25-18)16-7-23-17(26-16)4-3-14(22)19(20)21/h3-4,6-7,11-13,19,22,29H,5,8-10H2,1-2H3,(H,23,26)/b4-3-,22-14?. The van der Waals surface area contributed by atoms with Crippen LogP contribution in [-0.2, 0) is 10.0 Å². The predicted octanol–water partition coefficient (Wildman–Crippen LogP) is 1.24. The molecule has 10 nitrogen and oxygen atoms in total. The first-order valence-corrected chi connectivity index (χ1v) is 11.6. The second kappa shape index (κ2) is 9.79. The summed E-state index contributed by atoms with van der Waals surface area (Å²) in [6, 6.07) is 1.71. The zero-order chi connectivity index (χ0) is 23.5. The van der Waals surface area contributed by atoms with Crippen LogP contribution in [0.2, 0.25) is 0 Å². The Bertz CT molecular complexity index is 1090. The number of imidazole rings is 1. The van der Waals surface area contributed by atoms with Crippen LogP contribution < -0.4 is 4.90 Å². The van der Waals surface area contributed by atoms with Crippen LogP contribution in [0.25, 0.3) is 17.5 Å². The molecule has 1 fully saturated rings. The molecule has 0 aromatic carbocycles. The van der Waals surface area contributed by atoms with Crippen LogP contribution in [0.5, 0.6) is 0 Å². The smallest absolute Gasteiger partial charge is 0.279 e. The summed E-state index contributed by atoms with van der Waals surface area (Å²) in [5.74, 6) is 0.778. The molecule has 0 radical (unpaired) electrons. The summed E-state index contributed by atoms with van der Waals surface area (Å²) in [7, 11) is -1.81. The van der Waals surface area contributed by atoms with E-state index >= 15 is 0 Å². The number of nitrogens with one attached hydrogen (secondary N) is 2. The van der Waals surface area contributed by atoms with Gasteiger partial charge in [-0.25, -0.2) is 36.5 Å². The number of nitrogens with zero attached hydrogens (tertiary/aromatic N) is 5. The van der Waals surface area contributed by atoms with Gasteiger partial charge in [-0.05, 0) is 24.5 Å². The molecular formula is C19H25F2N7O3S. The van der Waals surface area contributed by atoms with Gasteiger partial charge in [0.25, 0.3) is 6.43 Å². The van der Waals surface area contributed by atoms with Crippen molar-refractivity contribution < 1.29 is 22.3 Å². The number of piperidine rings is 1. The average molecular weight is 470 g/mol. The molecule has 3 N–H and O–H groups in total. The molecule has 2 atom stereocenters. The lowest BCUT2D eigenvalue weighted by atomic mass is 9.96. The lowest BCUT2D eigenvalue weighted by Gasteiger charge is -2.37. The lowest BCUT2D eigenvalue weighted by molar-refractivity contribution is 0.122. The predicted molar refractivity (Wildman–Crippen MR) is 116 cm³/mol. The van der Waals surface area contributed by atoms with Crippen molar-refractivity contribution in [3.63, 3.8) is 0 Å². The Kier molecular flexibility index (Phi) is 7.31. The van der Waals surface area contributed by atoms with E-state index < -0.39 is 28.3 Å². The summed E-state index contributed by atoms with van der Waals surface area (Å²) < 4.78 is 49.6. The number of hydrogen-bond acceptors (Lipinski definition) is 8. The first-order chi connectivity index (χ1) is 15.0. The van der Waals surface area contributed by atoms with E-state index in [4.69, 9.17) is 5.41 Å². The fourth-order valence-electron chi connectivity index (χ4n) is 3.45. The van der Waals surface area contributed by atoms with Gasteiger partial charge in [-0.2, -0.15) is 0 Å². The molecule has 3 rings (SSSR count). The van der Waals surface area contributed by atoms with Crippen LogP contribution in [0.3, 0.4) is 0 Å². The van der Waals surface area contributed by atoms with Gasteiger partial charge >= 0.3 is 0 Å². The summed E-state index contributed by atoms with van der Waals surface area (Å²) in [4.78, 5) is 17.4. The van der Waals surface area contributed by atoms with Crippen molar-refractivity contribution in [2.24, 2.45) is 5.92 Å². The Labute approximate surface area is 184 Å². The Hall–Kier alpha value is -2.77. The average Bonchev–Trinajstić information content (AvgIpc) is 3.20. The van der Waals surface area contributed by atoms with E-state index in [0.29, 0.717) is 42.5 Å². The highest BCUT2D eigenvalue weighted by atomic mass is 32.2. The van der Waals surface area contributed by atoms with Gasteiger partial charge in [0.2, 0.25) is 10.0 Å². The van der Waals surface area contributed by atoms with Crippen molar-refractivity contribution in [2.75, 3.05) is 37.8 Å². The minimum atomic E-state index is -3.32. The molecule has 2 aromatic rings. The third-order valence-corrected chi connectivity index (χ3v) is 6.38. The van der Waals surface area contributed by atoms with Crippen molar-refractivity contribution in [3.05, 3.63) is 30.5 Å². The highest BCUT2D eigenvalue weighted by Gasteiger charge is 2.29. The van der Waals surface area contributed by atoms with Crippen LogP contribution in [0.4, 0.5) is 14.6 Å². The fourth-order valence-corrected chi connectivity index (χ4v) is 3.93. The quantitative estimate of drug-likeness (QED) is 0.494. The van der Waals surface area contributed by atoms with Crippen LogP contribution in [0.15, 0.2) is 24.7 Å². The largest absolute Gasteiger partial charge is 0.391 e. The van der Waals surface area contributed by atoms with E-state index in [1.165, 1.54) is 30.0 Å². The number of aromatic amines is 1. The summed E-state index contributed by atoms with van der Waals surface area (Å²) in [6.45, 7) is 1.15. The lowest BCUT2D eigenvalue weighted by Crippen LogP contribution is -2.47. The highest BCUT2D eigenvalue weighted by Crippen LogP contribution is 2.25. The molecule has 32 heavy (non-hydrogen) atoms. The van der Waals surface area contributed by atoms with E-state index in [1.54, 1.807) is 6.07 Å². The fraction of sp³-hybridized carbons (Fsp3) is 0.474. The van der Waals surface area contributed by atoms with E-state index in [2.05, 4.69) is 19.9 Å². The topological polar surface area (TPSA) is 139 Å². The van der Waals surface area contributed by atoms with Gasteiger partial charge in [0.05, 0.1) is 35.7 Å². The maximum atomic E-state index is 12.4. The third kappa shape index (κ3) is 6.14. The maximum Gasteiger partial charge on any atom is 0.279 e. The van der Waals surface area contributed by atoms with E-state index in [-0.39, 0.29) is 12.5 Å². The van der Waals surface area contributed by atoms with Crippen LogP contribution in [-0.4, -0.2) is 88.9 Å². The van der Waals surface area contributed by atoms with Crippen LogP contribution in [0.1, 0.15) is 12.2 Å². The van der Waals surface area contributed by atoms with Gasteiger partial charge in [-0.15, -0.1) is 0 Å². The summed E-state index contributed by atoms with van der Waals surface area (Å²) in [5, 5.41) is 17.5. The molecule has 0 aliphatic carbocycles. The third-order valence-electron chi connectivity index (χ3n) is 5.10. The van der Waals surface area contributed by atoms with Gasteiger partial charge in [-0.3, -0.25) is 5.41 Å². The second-order valence-corrected chi connectivity index (χ2v) is 9.83. The first kappa shape index (κ1) is 23.9. The van der Waals surface area contributed by atoms with Gasteiger partial charge in [0.15, 0.2) is 0 Å². The van der Waals surface area contributed by atoms with Crippen molar-refractivity contribution in [1.29, 1.82) is 5.41 Å². The minimum absolute atomic E-state index is 0.0778. The number of rotatable bonds is 8. The molecule has 1 saturated heterocycles. The SMILES string of the molecule is CN(CC1CC(O)CN(c2cc(-c3cnc(/C=C\C(=N)C(F)F)[nH]3)ncn2)C1)S(C)(=O)=O. The van der Waals surface area contributed by atoms with E-state index in [0.717, 1.165) is 12.3 Å². The Morgan fingerprint density at radius 3 is 2.84 bits per heavy atom. The number of anilines is 1. The Morgan fingerprint density at radius 2 is 2.16 bits per heavy atom. The van der Waals surface area contributed by atoms with Crippen molar-refractivity contribution in [1.82, 2.24) is 24.2 Å². The molecule has 1 aliphatic rings. The molecule has 0 saturated carbocycles. The van der Waals surface area contributed by atoms with Crippen molar-refractivity contribution in [2.45, 2.75) is 19.0 Å². The van der Waals surface area contributed by atoms with Crippen molar-refractivity contribution >= 4 is 27.6 Å². The molecule has 2 aromatic heterocycles. The van der Waals surface area contributed by atoms with E-state index in [1.807, 2.05) is 4.90 Å². The van der Waals surface area contributed by atoms with Crippen molar-refractivity contribution in [3.8, 4) is 11.4 Å². The molecule has 0 amide bonds. The van der Waals surface area contributed by atoms with Gasteiger partial charge < -0.3 is 15.0 Å². The first-order valence-electron chi connectivity index (χ1n) is 9.79. The van der Waals surface area contributed by atoms with Crippen LogP contribution in [0, 0.1) is 11.3 Å². The van der Waals surface area contributed by atoms with Crippen LogP contribution >= 0.6 is 0 Å². The number of aliphatic hydroxyl groups is 1. The van der Waals surface area contributed by atoms with Gasteiger partial charge in [0.1, 0.15) is 18.0 Å².